The van der Waals surface area contributed by atoms with Crippen LogP contribution in [0.2, 0.25) is 0 Å². The maximum atomic E-state index is 5.39. The van der Waals surface area contributed by atoms with E-state index in [9.17, 15) is 0 Å². The molecule has 0 aromatic carbocycles. The number of rotatable bonds is 6. The molecule has 0 aromatic rings. The molecule has 0 amide bonds. The van der Waals surface area contributed by atoms with Crippen molar-refractivity contribution >= 4 is 34.3 Å². The van der Waals surface area contributed by atoms with Crippen LogP contribution in [0.15, 0.2) is 0 Å². The van der Waals surface area contributed by atoms with Crippen LogP contribution in [0.4, 0.5) is 0 Å². The van der Waals surface area contributed by atoms with E-state index >= 15 is 0 Å². The fourth-order valence-corrected chi connectivity index (χ4v) is 3.86. The molecule has 1 unspecified atom stereocenters. The molecular weight excluding hydrogens is 249 g/mol. The van der Waals surface area contributed by atoms with Gasteiger partial charge in [-0.3, -0.25) is 0 Å². The van der Waals surface area contributed by atoms with E-state index in [2.05, 4.69) is 18.7 Å². The number of thioether (sulfide) groups is 1. The van der Waals surface area contributed by atoms with Crippen LogP contribution in [0.25, 0.3) is 0 Å². The van der Waals surface area contributed by atoms with Crippen LogP contribution in [-0.4, -0.2) is 38.1 Å². The molecule has 0 rings (SSSR count). The van der Waals surface area contributed by atoms with Gasteiger partial charge in [0.25, 0.3) is 0 Å². The third-order valence-corrected chi connectivity index (χ3v) is 3.83. The summed E-state index contributed by atoms with van der Waals surface area (Å²) in [4.78, 5) is 0. The van der Waals surface area contributed by atoms with Crippen LogP contribution in [0.5, 0.6) is 0 Å². The second-order valence-electron chi connectivity index (χ2n) is 2.41. The van der Waals surface area contributed by atoms with E-state index in [1.807, 2.05) is 0 Å². The van der Waals surface area contributed by atoms with Gasteiger partial charge >= 0.3 is 81.8 Å². The van der Waals surface area contributed by atoms with E-state index in [1.165, 1.54) is 23.0 Å². The molecule has 0 saturated carbocycles. The Hall–Kier alpha value is 1.11. The van der Waals surface area contributed by atoms with Crippen LogP contribution in [0.3, 0.4) is 0 Å². The number of hydrogen-bond donors (Lipinski definition) is 1. The van der Waals surface area contributed by atoms with Crippen LogP contribution >= 0.6 is 11.8 Å². The summed E-state index contributed by atoms with van der Waals surface area (Å²) >= 11 is 3.72. The summed E-state index contributed by atoms with van der Waals surface area (Å²) in [5.74, 6) is 0. The SMILES string of the molecule is CC(CCCCN)S[CH2][Sn]. The first-order valence-corrected chi connectivity index (χ1v) is 6.84. The van der Waals surface area contributed by atoms with Gasteiger partial charge in [0.1, 0.15) is 0 Å². The van der Waals surface area contributed by atoms with E-state index in [1.54, 1.807) is 22.5 Å². The Morgan fingerprint density at radius 1 is 1.50 bits per heavy atom. The Bertz CT molecular complexity index is 70.6. The van der Waals surface area contributed by atoms with Crippen LogP contribution in [0, 0.1) is 0 Å². The van der Waals surface area contributed by atoms with Crippen molar-refractivity contribution in [2.75, 3.05) is 10.3 Å². The van der Waals surface area contributed by atoms with Gasteiger partial charge in [0.2, 0.25) is 0 Å². The van der Waals surface area contributed by atoms with Gasteiger partial charge in [-0.15, -0.1) is 0 Å². The van der Waals surface area contributed by atoms with Gasteiger partial charge in [-0.05, 0) is 0 Å². The second kappa shape index (κ2) is 8.21. The van der Waals surface area contributed by atoms with Crippen molar-refractivity contribution in [2.24, 2.45) is 5.73 Å². The second-order valence-corrected chi connectivity index (χ2v) is 6.30. The Morgan fingerprint density at radius 3 is 2.70 bits per heavy atom. The van der Waals surface area contributed by atoms with E-state index in [-0.39, 0.29) is 0 Å². The molecule has 0 aliphatic rings. The summed E-state index contributed by atoms with van der Waals surface area (Å²) in [5, 5.41) is 0.853. The zero-order valence-corrected chi connectivity index (χ0v) is 10.3. The minimum atomic E-state index is 0.853. The number of unbranched alkanes of at least 4 members (excludes halogenated alkanes) is 1. The average molecular weight is 265 g/mol. The summed E-state index contributed by atoms with van der Waals surface area (Å²) in [6.07, 6.45) is 3.85. The van der Waals surface area contributed by atoms with Gasteiger partial charge < -0.3 is 0 Å². The number of hydrogen-bond acceptors (Lipinski definition) is 2. The first-order chi connectivity index (χ1) is 4.81. The van der Waals surface area contributed by atoms with Crippen molar-refractivity contribution in [1.29, 1.82) is 0 Å². The Balaban J connectivity index is 2.97. The molecular formula is C7H16NSSn. The van der Waals surface area contributed by atoms with Crippen LogP contribution in [-0.2, 0) is 0 Å². The minimum absolute atomic E-state index is 0.853. The van der Waals surface area contributed by atoms with Crippen molar-refractivity contribution in [3.05, 3.63) is 0 Å². The zero-order valence-electron chi connectivity index (χ0n) is 6.60. The van der Waals surface area contributed by atoms with E-state index in [0.717, 1.165) is 11.8 Å². The average Bonchev–Trinajstić information content (AvgIpc) is 1.89. The summed E-state index contributed by atoms with van der Waals surface area (Å²) in [6, 6.07) is 0. The topological polar surface area (TPSA) is 26.0 Å². The normalized spacial score (nSPS) is 13.5. The third-order valence-electron chi connectivity index (χ3n) is 1.43. The monoisotopic (exact) mass is 266 g/mol. The molecule has 0 heterocycles. The summed E-state index contributed by atoms with van der Waals surface area (Å²) in [5.41, 5.74) is 5.39. The maximum absolute atomic E-state index is 5.39. The number of nitrogens with two attached hydrogens (primary N) is 1. The van der Waals surface area contributed by atoms with Crippen molar-refractivity contribution in [3.8, 4) is 0 Å². The van der Waals surface area contributed by atoms with E-state index in [0.29, 0.717) is 0 Å². The molecule has 0 aliphatic carbocycles. The first kappa shape index (κ1) is 11.1. The van der Waals surface area contributed by atoms with Crippen molar-refractivity contribution in [3.63, 3.8) is 0 Å². The molecule has 1 atom stereocenters. The van der Waals surface area contributed by atoms with Crippen molar-refractivity contribution < 1.29 is 0 Å². The fourth-order valence-electron chi connectivity index (χ4n) is 0.802. The molecule has 1 nitrogen and oxygen atoms in total. The fraction of sp³-hybridized carbons (Fsp3) is 1.00. The van der Waals surface area contributed by atoms with Crippen molar-refractivity contribution in [2.45, 2.75) is 31.4 Å². The zero-order chi connectivity index (χ0) is 7.82. The summed E-state index contributed by atoms with van der Waals surface area (Å²) < 4.78 is 1.33. The standard InChI is InChI=1S/C7H16NS.Sn/c1-7(9-2)5-3-4-6-8;/h7H,2-6,8H2,1H3;. The molecule has 0 fully saturated rings. The van der Waals surface area contributed by atoms with Crippen molar-refractivity contribution in [1.82, 2.24) is 0 Å². The quantitative estimate of drug-likeness (QED) is 0.579. The Kier molecular flexibility index (Phi) is 9.12. The van der Waals surface area contributed by atoms with Gasteiger partial charge in [-0.25, -0.2) is 0 Å². The molecule has 2 N–H and O–H groups in total. The predicted octanol–water partition coefficient (Wildman–Crippen LogP) is 1.36. The molecule has 0 aromatic heterocycles. The van der Waals surface area contributed by atoms with Gasteiger partial charge in [-0.2, -0.15) is 0 Å². The van der Waals surface area contributed by atoms with Gasteiger partial charge in [0.15, 0.2) is 0 Å². The Labute approximate surface area is 81.6 Å². The predicted molar refractivity (Wildman–Crippen MR) is 50.6 cm³/mol. The molecule has 59 valence electrons. The third kappa shape index (κ3) is 7.22. The van der Waals surface area contributed by atoms with E-state index < -0.39 is 0 Å². The molecule has 0 bridgehead atoms. The summed E-state index contributed by atoms with van der Waals surface area (Å²) in [7, 11) is 0. The molecule has 3 radical (unpaired) electrons. The van der Waals surface area contributed by atoms with Crippen LogP contribution in [0.1, 0.15) is 26.2 Å². The molecule has 0 saturated heterocycles. The van der Waals surface area contributed by atoms with Gasteiger partial charge in [0, 0.05) is 0 Å². The Morgan fingerprint density at radius 2 is 2.20 bits per heavy atom. The first-order valence-electron chi connectivity index (χ1n) is 3.77. The molecule has 0 aliphatic heterocycles. The summed E-state index contributed by atoms with van der Waals surface area (Å²) in [6.45, 7) is 3.17. The molecule has 0 spiro atoms. The van der Waals surface area contributed by atoms with Crippen LogP contribution < -0.4 is 5.73 Å². The van der Waals surface area contributed by atoms with Gasteiger partial charge in [-0.1, -0.05) is 0 Å². The molecule has 10 heavy (non-hydrogen) atoms. The molecule has 3 heteroatoms. The van der Waals surface area contributed by atoms with E-state index in [4.69, 9.17) is 5.73 Å². The van der Waals surface area contributed by atoms with Gasteiger partial charge in [0.05, 0.1) is 0 Å².